The number of nitrogen functional groups attached to an aromatic ring is 1. The highest BCUT2D eigenvalue weighted by atomic mass is 35.5. The average molecular weight is 329 g/mol. The molecule has 4 nitrogen and oxygen atoms in total. The first kappa shape index (κ1) is 17.8. The maximum Gasteiger partial charge on any atom is 0.0948 e. The van der Waals surface area contributed by atoms with Crippen LogP contribution in [0.25, 0.3) is 0 Å². The summed E-state index contributed by atoms with van der Waals surface area (Å²) in [5, 5.41) is 0. The Hall–Kier alpha value is -1.23. The second-order valence-electron chi connectivity index (χ2n) is 5.26. The summed E-state index contributed by atoms with van der Waals surface area (Å²) < 4.78 is 2.23. The zero-order valence-corrected chi connectivity index (χ0v) is 13.5. The Morgan fingerprint density at radius 3 is 2.57 bits per heavy atom. The second-order valence-corrected chi connectivity index (χ2v) is 5.26. The number of hydrogen-bond acceptors (Lipinski definition) is 3. The maximum absolute atomic E-state index is 5.82. The van der Waals surface area contributed by atoms with E-state index < -0.39 is 0 Å². The molecule has 1 aliphatic heterocycles. The van der Waals surface area contributed by atoms with Gasteiger partial charge >= 0.3 is 0 Å². The molecule has 2 heterocycles. The van der Waals surface area contributed by atoms with Crippen molar-refractivity contribution in [3.63, 3.8) is 0 Å². The largest absolute Gasteiger partial charge is 0.399 e. The zero-order chi connectivity index (χ0) is 13.1. The number of anilines is 1. The van der Waals surface area contributed by atoms with Gasteiger partial charge in [-0.1, -0.05) is 12.1 Å². The molecular weight excluding hydrogens is 307 g/mol. The van der Waals surface area contributed by atoms with Gasteiger partial charge in [0.2, 0.25) is 0 Å². The summed E-state index contributed by atoms with van der Waals surface area (Å²) in [5.41, 5.74) is 7.98. The van der Waals surface area contributed by atoms with E-state index >= 15 is 0 Å². The van der Waals surface area contributed by atoms with Crippen LogP contribution in [0, 0.1) is 0 Å². The predicted octanol–water partition coefficient (Wildman–Crippen LogP) is 3.15. The first-order chi connectivity index (χ1) is 9.31. The van der Waals surface area contributed by atoms with E-state index in [-0.39, 0.29) is 24.8 Å². The average Bonchev–Trinajstić information content (AvgIpc) is 2.94. The van der Waals surface area contributed by atoms with Gasteiger partial charge in [-0.3, -0.25) is 4.90 Å². The lowest BCUT2D eigenvalue weighted by atomic mass is 10.0. The number of halogens is 2. The molecule has 1 aromatic carbocycles. The predicted molar refractivity (Wildman–Crippen MR) is 91.1 cm³/mol. The van der Waals surface area contributed by atoms with Crippen molar-refractivity contribution in [1.29, 1.82) is 0 Å². The van der Waals surface area contributed by atoms with Gasteiger partial charge in [-0.15, -0.1) is 24.8 Å². The van der Waals surface area contributed by atoms with Crippen molar-refractivity contribution in [1.82, 2.24) is 14.5 Å². The van der Waals surface area contributed by atoms with Gasteiger partial charge in [0, 0.05) is 43.8 Å². The molecule has 0 radical (unpaired) electrons. The Labute approximate surface area is 138 Å². The highest BCUT2D eigenvalue weighted by Crippen LogP contribution is 2.23. The van der Waals surface area contributed by atoms with Gasteiger partial charge in [0.25, 0.3) is 0 Å². The molecule has 6 heteroatoms. The van der Waals surface area contributed by atoms with E-state index in [1.165, 1.54) is 18.4 Å². The summed E-state index contributed by atoms with van der Waals surface area (Å²) in [5.74, 6) is 0. The molecule has 1 saturated heterocycles. The Bertz CT molecular complexity index is 522. The van der Waals surface area contributed by atoms with E-state index in [2.05, 4.69) is 32.8 Å². The lowest BCUT2D eigenvalue weighted by Crippen LogP contribution is -2.33. The van der Waals surface area contributed by atoms with Crippen LogP contribution in [0.15, 0.2) is 43.0 Å². The van der Waals surface area contributed by atoms with Crippen molar-refractivity contribution in [2.45, 2.75) is 25.4 Å². The minimum absolute atomic E-state index is 0. The molecule has 0 amide bonds. The summed E-state index contributed by atoms with van der Waals surface area (Å²) in [6.45, 7) is 3.27. The third-order valence-electron chi connectivity index (χ3n) is 3.86. The number of imidazole rings is 1. The number of likely N-dealkylation sites (tertiary alicyclic amines) is 1. The molecule has 0 spiro atoms. The van der Waals surface area contributed by atoms with Crippen LogP contribution < -0.4 is 5.73 Å². The van der Waals surface area contributed by atoms with Crippen LogP contribution in [0.4, 0.5) is 5.69 Å². The summed E-state index contributed by atoms with van der Waals surface area (Å²) in [4.78, 5) is 6.63. The minimum atomic E-state index is 0. The fourth-order valence-corrected chi connectivity index (χ4v) is 2.81. The Morgan fingerprint density at radius 2 is 1.95 bits per heavy atom. The number of hydrogen-bond donors (Lipinski definition) is 1. The van der Waals surface area contributed by atoms with Crippen LogP contribution in [0.5, 0.6) is 0 Å². The number of aromatic nitrogens is 2. The molecule has 3 rings (SSSR count). The Kier molecular flexibility index (Phi) is 7.02. The fourth-order valence-electron chi connectivity index (χ4n) is 2.81. The molecule has 0 unspecified atom stereocenters. The van der Waals surface area contributed by atoms with Crippen LogP contribution in [-0.4, -0.2) is 27.5 Å². The molecule has 116 valence electrons. The quantitative estimate of drug-likeness (QED) is 0.880. The van der Waals surface area contributed by atoms with E-state index in [1.54, 1.807) is 0 Å². The summed E-state index contributed by atoms with van der Waals surface area (Å²) in [6, 6.07) is 8.80. The topological polar surface area (TPSA) is 47.1 Å². The number of rotatable bonds is 3. The van der Waals surface area contributed by atoms with Crippen LogP contribution >= 0.6 is 24.8 Å². The Morgan fingerprint density at radius 1 is 1.19 bits per heavy atom. The zero-order valence-electron chi connectivity index (χ0n) is 11.9. The van der Waals surface area contributed by atoms with E-state index in [0.29, 0.717) is 6.04 Å². The van der Waals surface area contributed by atoms with Gasteiger partial charge in [-0.2, -0.15) is 0 Å². The third kappa shape index (κ3) is 4.63. The number of piperidine rings is 1. The molecular formula is C15H22Cl2N4. The lowest BCUT2D eigenvalue weighted by Gasteiger charge is -2.32. The smallest absolute Gasteiger partial charge is 0.0948 e. The minimum Gasteiger partial charge on any atom is -0.399 e. The first-order valence-electron chi connectivity index (χ1n) is 6.85. The molecule has 0 bridgehead atoms. The summed E-state index contributed by atoms with van der Waals surface area (Å²) in [6.07, 6.45) is 8.24. The van der Waals surface area contributed by atoms with Crippen molar-refractivity contribution in [3.05, 3.63) is 48.5 Å². The van der Waals surface area contributed by atoms with Crippen molar-refractivity contribution in [3.8, 4) is 0 Å². The van der Waals surface area contributed by atoms with Crippen LogP contribution in [-0.2, 0) is 6.54 Å². The van der Waals surface area contributed by atoms with Gasteiger partial charge in [0.05, 0.1) is 6.33 Å². The van der Waals surface area contributed by atoms with E-state index in [1.807, 2.05) is 24.7 Å². The van der Waals surface area contributed by atoms with Crippen LogP contribution in [0.1, 0.15) is 24.4 Å². The highest BCUT2D eigenvalue weighted by molar-refractivity contribution is 5.85. The fraction of sp³-hybridized carbons (Fsp3) is 0.400. The Balaban J connectivity index is 0.00000110. The van der Waals surface area contributed by atoms with Crippen molar-refractivity contribution in [2.24, 2.45) is 0 Å². The number of benzene rings is 1. The summed E-state index contributed by atoms with van der Waals surface area (Å²) >= 11 is 0. The van der Waals surface area contributed by atoms with Crippen molar-refractivity contribution >= 4 is 30.5 Å². The number of nitrogens with two attached hydrogens (primary N) is 1. The standard InChI is InChI=1S/C15H20N4.2ClH/c16-14-3-1-2-13(10-14)11-18-7-4-15(5-8-18)19-9-6-17-12-19;;/h1-3,6,9-10,12,15H,4-5,7-8,11,16H2;2*1H. The summed E-state index contributed by atoms with van der Waals surface area (Å²) in [7, 11) is 0. The molecule has 0 saturated carbocycles. The molecule has 0 atom stereocenters. The van der Waals surface area contributed by atoms with Gasteiger partial charge < -0.3 is 10.3 Å². The molecule has 1 aromatic heterocycles. The van der Waals surface area contributed by atoms with Gasteiger partial charge in [-0.05, 0) is 30.5 Å². The molecule has 0 aliphatic carbocycles. The van der Waals surface area contributed by atoms with E-state index in [9.17, 15) is 0 Å². The van der Waals surface area contributed by atoms with Gasteiger partial charge in [0.15, 0.2) is 0 Å². The third-order valence-corrected chi connectivity index (χ3v) is 3.86. The normalized spacial score (nSPS) is 16.0. The first-order valence-corrected chi connectivity index (χ1v) is 6.85. The molecule has 21 heavy (non-hydrogen) atoms. The number of nitrogens with zero attached hydrogens (tertiary/aromatic N) is 3. The molecule has 2 N–H and O–H groups in total. The van der Waals surface area contributed by atoms with E-state index in [4.69, 9.17) is 5.73 Å². The maximum atomic E-state index is 5.82. The molecule has 1 fully saturated rings. The van der Waals surface area contributed by atoms with Crippen LogP contribution in [0.3, 0.4) is 0 Å². The lowest BCUT2D eigenvalue weighted by molar-refractivity contribution is 0.179. The van der Waals surface area contributed by atoms with Gasteiger partial charge in [0.1, 0.15) is 0 Å². The second kappa shape index (κ2) is 8.27. The van der Waals surface area contributed by atoms with E-state index in [0.717, 1.165) is 25.3 Å². The monoisotopic (exact) mass is 328 g/mol. The van der Waals surface area contributed by atoms with Crippen molar-refractivity contribution in [2.75, 3.05) is 18.8 Å². The van der Waals surface area contributed by atoms with Gasteiger partial charge in [-0.25, -0.2) is 4.98 Å². The van der Waals surface area contributed by atoms with Crippen molar-refractivity contribution < 1.29 is 0 Å². The SMILES string of the molecule is Cl.Cl.Nc1cccc(CN2CCC(n3ccnc3)CC2)c1. The van der Waals surface area contributed by atoms with Crippen LogP contribution in [0.2, 0.25) is 0 Å². The highest BCUT2D eigenvalue weighted by Gasteiger charge is 2.19. The molecule has 2 aromatic rings. The molecule has 1 aliphatic rings.